The van der Waals surface area contributed by atoms with E-state index < -0.39 is 23.2 Å². The Bertz CT molecular complexity index is 404. The number of carbonyl (C=O) groups is 1. The highest BCUT2D eigenvalue weighted by atomic mass is 127. The number of nitrogens with two attached hydrogens (primary N) is 1. The van der Waals surface area contributed by atoms with Gasteiger partial charge in [0.1, 0.15) is 0 Å². The average Bonchev–Trinajstić information content (AvgIpc) is 2.15. The van der Waals surface area contributed by atoms with Crippen molar-refractivity contribution in [2.45, 2.75) is 11.7 Å². The van der Waals surface area contributed by atoms with Crippen molar-refractivity contribution in [3.63, 3.8) is 0 Å². The van der Waals surface area contributed by atoms with Crippen LogP contribution < -0.4 is 5.73 Å². The van der Waals surface area contributed by atoms with Crippen LogP contribution in [0, 0.1) is 3.57 Å². The molecule has 0 amide bonds. The van der Waals surface area contributed by atoms with Gasteiger partial charge < -0.3 is 10.8 Å². The molecule has 0 aliphatic heterocycles. The predicted molar refractivity (Wildman–Crippen MR) is 58.7 cm³/mol. The molecule has 0 unspecified atom stereocenters. The molecule has 0 aromatic heterocycles. The van der Waals surface area contributed by atoms with Crippen LogP contribution in [0.25, 0.3) is 0 Å². The summed E-state index contributed by atoms with van der Waals surface area (Å²) in [7, 11) is 0. The van der Waals surface area contributed by atoms with E-state index in [9.17, 15) is 18.0 Å². The van der Waals surface area contributed by atoms with E-state index in [0.717, 1.165) is 12.1 Å². The molecule has 0 radical (unpaired) electrons. The summed E-state index contributed by atoms with van der Waals surface area (Å²) in [4.78, 5) is 10.7. The highest BCUT2D eigenvalue weighted by Crippen LogP contribution is 2.37. The van der Waals surface area contributed by atoms with Crippen molar-refractivity contribution in [2.75, 3.05) is 0 Å². The van der Waals surface area contributed by atoms with E-state index in [1.807, 2.05) is 22.6 Å². The summed E-state index contributed by atoms with van der Waals surface area (Å²) >= 11 is 1.89. The van der Waals surface area contributed by atoms with E-state index in [1.54, 1.807) is 0 Å². The van der Waals surface area contributed by atoms with Crippen molar-refractivity contribution in [3.8, 4) is 0 Å². The van der Waals surface area contributed by atoms with Gasteiger partial charge in [0.05, 0.1) is 0 Å². The van der Waals surface area contributed by atoms with Gasteiger partial charge in [0.25, 0.3) is 0 Å². The molecule has 16 heavy (non-hydrogen) atoms. The molecule has 0 heterocycles. The minimum absolute atomic E-state index is 0.493. The second-order valence-electron chi connectivity index (χ2n) is 3.12. The lowest BCUT2D eigenvalue weighted by Crippen LogP contribution is -2.56. The van der Waals surface area contributed by atoms with Crippen molar-refractivity contribution in [1.29, 1.82) is 0 Å². The van der Waals surface area contributed by atoms with E-state index >= 15 is 0 Å². The number of carboxylic acid groups (broad SMARTS) is 1. The van der Waals surface area contributed by atoms with Gasteiger partial charge in [-0.1, -0.05) is 12.1 Å². The van der Waals surface area contributed by atoms with Gasteiger partial charge >= 0.3 is 12.1 Å². The molecule has 0 spiro atoms. The van der Waals surface area contributed by atoms with Crippen LogP contribution in [0.3, 0.4) is 0 Å². The molecule has 1 rings (SSSR count). The topological polar surface area (TPSA) is 63.3 Å². The monoisotopic (exact) mass is 345 g/mol. The number of halogens is 4. The molecule has 3 N–H and O–H groups in total. The number of rotatable bonds is 2. The van der Waals surface area contributed by atoms with Crippen LogP contribution in [0.2, 0.25) is 0 Å². The first-order chi connectivity index (χ1) is 7.19. The lowest BCUT2D eigenvalue weighted by atomic mass is 9.90. The molecule has 1 aromatic carbocycles. The van der Waals surface area contributed by atoms with Crippen molar-refractivity contribution in [3.05, 3.63) is 33.4 Å². The van der Waals surface area contributed by atoms with Crippen LogP contribution >= 0.6 is 22.6 Å². The zero-order valence-electron chi connectivity index (χ0n) is 7.75. The molecule has 0 aliphatic carbocycles. The van der Waals surface area contributed by atoms with Gasteiger partial charge in [0.15, 0.2) is 0 Å². The van der Waals surface area contributed by atoms with Crippen LogP contribution in [0.15, 0.2) is 24.3 Å². The smallest absolute Gasteiger partial charge is 0.421 e. The first-order valence-electron chi connectivity index (χ1n) is 4.04. The molecule has 88 valence electrons. The van der Waals surface area contributed by atoms with Crippen molar-refractivity contribution in [2.24, 2.45) is 5.73 Å². The molecule has 1 aromatic rings. The molecular weight excluding hydrogens is 338 g/mol. The lowest BCUT2D eigenvalue weighted by molar-refractivity contribution is -0.204. The number of alkyl halides is 3. The summed E-state index contributed by atoms with van der Waals surface area (Å²) in [6.07, 6.45) is -5.05. The predicted octanol–water partition coefficient (Wildman–Crippen LogP) is 2.09. The van der Waals surface area contributed by atoms with Gasteiger partial charge in [-0.05, 0) is 40.3 Å². The summed E-state index contributed by atoms with van der Waals surface area (Å²) in [6.45, 7) is 0. The Balaban J connectivity index is 3.34. The van der Waals surface area contributed by atoms with E-state index in [-0.39, 0.29) is 0 Å². The number of hydrogen-bond acceptors (Lipinski definition) is 2. The quantitative estimate of drug-likeness (QED) is 0.807. The SMILES string of the molecule is N[C@@](C(=O)O)(c1ccc(I)cc1)C(F)(F)F. The number of hydrogen-bond donors (Lipinski definition) is 2. The van der Waals surface area contributed by atoms with Crippen molar-refractivity contribution < 1.29 is 23.1 Å². The van der Waals surface area contributed by atoms with Crippen LogP contribution in [-0.2, 0) is 10.3 Å². The zero-order chi connectivity index (χ0) is 12.6. The zero-order valence-corrected chi connectivity index (χ0v) is 9.91. The van der Waals surface area contributed by atoms with E-state index in [4.69, 9.17) is 10.8 Å². The molecular formula is C9H7F3INO2. The second kappa shape index (κ2) is 4.21. The van der Waals surface area contributed by atoms with Crippen molar-refractivity contribution in [1.82, 2.24) is 0 Å². The molecule has 3 nitrogen and oxygen atoms in total. The number of carboxylic acids is 1. The molecule has 1 atom stereocenters. The van der Waals surface area contributed by atoms with Gasteiger partial charge in [0, 0.05) is 3.57 Å². The maximum absolute atomic E-state index is 12.6. The Kier molecular flexibility index (Phi) is 3.48. The first kappa shape index (κ1) is 13.2. The third-order valence-corrected chi connectivity index (χ3v) is 2.80. The Hall–Kier alpha value is -0.830. The molecule has 0 saturated heterocycles. The summed E-state index contributed by atoms with van der Waals surface area (Å²) in [5, 5.41) is 8.64. The van der Waals surface area contributed by atoms with Crippen LogP contribution in [0.5, 0.6) is 0 Å². The van der Waals surface area contributed by atoms with E-state index in [1.165, 1.54) is 12.1 Å². The Labute approximate surface area is 103 Å². The molecule has 0 fully saturated rings. The molecule has 0 aliphatic rings. The van der Waals surface area contributed by atoms with Crippen molar-refractivity contribution >= 4 is 28.6 Å². The Morgan fingerprint density at radius 2 is 1.69 bits per heavy atom. The van der Waals surface area contributed by atoms with Gasteiger partial charge in [-0.15, -0.1) is 0 Å². The molecule has 0 saturated carbocycles. The second-order valence-corrected chi connectivity index (χ2v) is 4.36. The normalized spacial score (nSPS) is 15.6. The Morgan fingerprint density at radius 1 is 1.25 bits per heavy atom. The van der Waals surface area contributed by atoms with E-state index in [0.29, 0.717) is 3.57 Å². The number of benzene rings is 1. The molecule has 0 bridgehead atoms. The minimum atomic E-state index is -5.05. The summed E-state index contributed by atoms with van der Waals surface area (Å²) in [6, 6.07) is 4.85. The number of aliphatic carboxylic acids is 1. The van der Waals surface area contributed by atoms with Crippen LogP contribution in [0.4, 0.5) is 13.2 Å². The fourth-order valence-electron chi connectivity index (χ4n) is 1.12. The molecule has 7 heteroatoms. The van der Waals surface area contributed by atoms with Crippen LogP contribution in [0.1, 0.15) is 5.56 Å². The Morgan fingerprint density at radius 3 is 2.00 bits per heavy atom. The average molecular weight is 345 g/mol. The largest absolute Gasteiger partial charge is 0.479 e. The van der Waals surface area contributed by atoms with Gasteiger partial charge in [0.2, 0.25) is 5.54 Å². The summed E-state index contributed by atoms with van der Waals surface area (Å²) < 4.78 is 38.6. The third-order valence-electron chi connectivity index (χ3n) is 2.08. The maximum atomic E-state index is 12.6. The minimum Gasteiger partial charge on any atom is -0.479 e. The highest BCUT2D eigenvalue weighted by molar-refractivity contribution is 14.1. The van der Waals surface area contributed by atoms with Crippen LogP contribution in [-0.4, -0.2) is 17.3 Å². The first-order valence-corrected chi connectivity index (χ1v) is 5.12. The van der Waals surface area contributed by atoms with Gasteiger partial charge in [-0.3, -0.25) is 0 Å². The standard InChI is InChI=1S/C9H7F3INO2/c10-9(11,12)8(14,7(15)16)5-1-3-6(13)4-2-5/h1-4H,14H2,(H,15,16)/t8-/m1/s1. The summed E-state index contributed by atoms with van der Waals surface area (Å²) in [5.74, 6) is -2.12. The fraction of sp³-hybridized carbons (Fsp3) is 0.222. The van der Waals surface area contributed by atoms with Gasteiger partial charge in [-0.25, -0.2) is 4.79 Å². The third kappa shape index (κ3) is 2.14. The highest BCUT2D eigenvalue weighted by Gasteiger charge is 2.59. The van der Waals surface area contributed by atoms with Gasteiger partial charge in [-0.2, -0.15) is 13.2 Å². The maximum Gasteiger partial charge on any atom is 0.421 e. The fourth-order valence-corrected chi connectivity index (χ4v) is 1.48. The lowest BCUT2D eigenvalue weighted by Gasteiger charge is -2.27. The van der Waals surface area contributed by atoms with E-state index in [2.05, 4.69) is 0 Å². The summed E-state index contributed by atoms with van der Waals surface area (Å²) in [5.41, 5.74) is 1.11.